The van der Waals surface area contributed by atoms with Crippen LogP contribution in [0.3, 0.4) is 0 Å². The number of hydrogen-bond donors (Lipinski definition) is 3. The molecular formula is C22H44N2O3. The van der Waals surface area contributed by atoms with Crippen molar-refractivity contribution in [3.8, 4) is 0 Å². The molecule has 0 radical (unpaired) electrons. The van der Waals surface area contributed by atoms with Gasteiger partial charge in [-0.15, -0.1) is 0 Å². The summed E-state index contributed by atoms with van der Waals surface area (Å²) in [5.41, 5.74) is -0.855. The first-order chi connectivity index (χ1) is 12.6. The third kappa shape index (κ3) is 6.02. The van der Waals surface area contributed by atoms with Gasteiger partial charge < -0.3 is 15.7 Å². The average Bonchev–Trinajstić information content (AvgIpc) is 3.14. The van der Waals surface area contributed by atoms with Crippen LogP contribution in [0, 0.1) is 23.7 Å². The van der Waals surface area contributed by atoms with Gasteiger partial charge in [-0.3, -0.25) is 9.59 Å². The van der Waals surface area contributed by atoms with Crippen LogP contribution >= 0.6 is 0 Å². The summed E-state index contributed by atoms with van der Waals surface area (Å²) in [6.07, 6.45) is 4.18. The number of Topliss-reactive ketones (excluding diaryl/α,β-unsaturated/α-hetero) is 1. The molecule has 0 amide bonds. The van der Waals surface area contributed by atoms with Crippen molar-refractivity contribution in [2.75, 3.05) is 14.1 Å². The molecule has 5 nitrogen and oxygen atoms in total. The van der Waals surface area contributed by atoms with Gasteiger partial charge >= 0.3 is 5.97 Å². The summed E-state index contributed by atoms with van der Waals surface area (Å²) in [6.45, 7) is 14.7. The minimum absolute atomic E-state index is 0.201. The van der Waals surface area contributed by atoms with Crippen molar-refractivity contribution in [3.63, 3.8) is 0 Å². The first-order valence-electron chi connectivity index (χ1n) is 10.7. The number of carboxylic acid groups (broad SMARTS) is 1. The lowest BCUT2D eigenvalue weighted by Crippen LogP contribution is -2.48. The molecule has 2 fully saturated rings. The van der Waals surface area contributed by atoms with E-state index in [2.05, 4.69) is 38.3 Å². The second-order valence-electron chi connectivity index (χ2n) is 8.47. The lowest BCUT2D eigenvalue weighted by Gasteiger charge is -2.26. The number of ketones is 1. The van der Waals surface area contributed by atoms with Crippen molar-refractivity contribution in [2.24, 2.45) is 23.7 Å². The SMILES string of the molecule is CC.CCC(=O)C1(NC)CC(C)C(C)C1.CNC1(C(=O)O)CC(C)C(C)C1. The average molecular weight is 385 g/mol. The van der Waals surface area contributed by atoms with Crippen LogP contribution in [-0.2, 0) is 9.59 Å². The zero-order valence-corrected chi connectivity index (χ0v) is 19.1. The molecule has 2 aliphatic rings. The summed E-state index contributed by atoms with van der Waals surface area (Å²) in [5, 5.41) is 15.2. The fourth-order valence-corrected chi connectivity index (χ4v) is 4.57. The zero-order chi connectivity index (χ0) is 21.4. The first kappa shape index (κ1) is 26.1. The van der Waals surface area contributed by atoms with E-state index < -0.39 is 11.5 Å². The Morgan fingerprint density at radius 1 is 0.815 bits per heavy atom. The first-order valence-corrected chi connectivity index (χ1v) is 10.7. The Kier molecular flexibility index (Phi) is 10.8. The molecule has 0 aromatic carbocycles. The normalized spacial score (nSPS) is 37.7. The Hall–Kier alpha value is -0.940. The molecule has 5 heteroatoms. The summed E-state index contributed by atoms with van der Waals surface area (Å²) in [5.74, 6) is 2.03. The third-order valence-corrected chi connectivity index (χ3v) is 6.85. The van der Waals surface area contributed by atoms with Gasteiger partial charge in [0.15, 0.2) is 5.78 Å². The number of carbonyl (C=O) groups is 2. The van der Waals surface area contributed by atoms with Crippen molar-refractivity contribution >= 4 is 11.8 Å². The number of carboxylic acids is 1. The summed E-state index contributed by atoms with van der Waals surface area (Å²) < 4.78 is 0. The van der Waals surface area contributed by atoms with E-state index in [1.165, 1.54) is 0 Å². The molecule has 2 aliphatic carbocycles. The monoisotopic (exact) mass is 384 g/mol. The molecule has 2 rings (SSSR count). The number of hydrogen-bond acceptors (Lipinski definition) is 4. The largest absolute Gasteiger partial charge is 0.480 e. The summed E-state index contributed by atoms with van der Waals surface area (Å²) in [4.78, 5) is 22.8. The van der Waals surface area contributed by atoms with E-state index in [1.807, 2.05) is 27.8 Å². The second kappa shape index (κ2) is 11.2. The van der Waals surface area contributed by atoms with Crippen LogP contribution in [0.5, 0.6) is 0 Å². The Morgan fingerprint density at radius 3 is 1.30 bits per heavy atom. The highest BCUT2D eigenvalue weighted by molar-refractivity contribution is 5.88. The van der Waals surface area contributed by atoms with Gasteiger partial charge in [-0.05, 0) is 63.5 Å². The van der Waals surface area contributed by atoms with Gasteiger partial charge in [0.1, 0.15) is 5.54 Å². The number of rotatable bonds is 5. The maximum atomic E-state index is 11.8. The standard InChI is InChI=1S/C11H21NO.C9H17NO2.C2H6/c1-5-10(13)11(12-4)6-8(2)9(3)7-11;1-6-4-9(10-3,8(11)12)5-7(6)2;1-2/h8-9,12H,5-7H2,1-4H3;6-7,10H,4-5H2,1-3H3,(H,11,12);1-2H3. The molecule has 0 bridgehead atoms. The molecule has 0 saturated heterocycles. The van der Waals surface area contributed by atoms with E-state index in [0.29, 0.717) is 35.9 Å². The molecule has 0 spiro atoms. The van der Waals surface area contributed by atoms with E-state index in [-0.39, 0.29) is 5.54 Å². The molecular weight excluding hydrogens is 340 g/mol. The van der Waals surface area contributed by atoms with Crippen molar-refractivity contribution in [3.05, 3.63) is 0 Å². The zero-order valence-electron chi connectivity index (χ0n) is 19.1. The lowest BCUT2D eigenvalue weighted by atomic mass is 9.89. The smallest absolute Gasteiger partial charge is 0.323 e. The number of likely N-dealkylation sites (N-methyl/N-ethyl adjacent to an activating group) is 2. The maximum Gasteiger partial charge on any atom is 0.323 e. The minimum atomic E-state index is -0.707. The fraction of sp³-hybridized carbons (Fsp3) is 0.909. The van der Waals surface area contributed by atoms with E-state index in [0.717, 1.165) is 25.7 Å². The van der Waals surface area contributed by atoms with Crippen LogP contribution < -0.4 is 10.6 Å². The van der Waals surface area contributed by atoms with Crippen molar-refractivity contribution in [1.82, 2.24) is 10.6 Å². The summed E-state index contributed by atoms with van der Waals surface area (Å²) in [7, 11) is 3.65. The number of aliphatic carboxylic acids is 1. The fourth-order valence-electron chi connectivity index (χ4n) is 4.57. The second-order valence-corrected chi connectivity index (χ2v) is 8.47. The van der Waals surface area contributed by atoms with Crippen LogP contribution in [0.15, 0.2) is 0 Å². The van der Waals surface area contributed by atoms with E-state index in [1.54, 1.807) is 7.05 Å². The van der Waals surface area contributed by atoms with E-state index in [4.69, 9.17) is 5.11 Å². The molecule has 4 unspecified atom stereocenters. The molecule has 4 atom stereocenters. The van der Waals surface area contributed by atoms with Gasteiger partial charge in [0.25, 0.3) is 0 Å². The number of nitrogens with one attached hydrogen (secondary N) is 2. The highest BCUT2D eigenvalue weighted by Crippen LogP contribution is 2.40. The summed E-state index contributed by atoms with van der Waals surface area (Å²) >= 11 is 0. The van der Waals surface area contributed by atoms with E-state index >= 15 is 0 Å². The topological polar surface area (TPSA) is 78.4 Å². The van der Waals surface area contributed by atoms with Crippen molar-refractivity contribution < 1.29 is 14.7 Å². The predicted molar refractivity (Wildman–Crippen MR) is 113 cm³/mol. The number of carbonyl (C=O) groups excluding carboxylic acids is 1. The van der Waals surface area contributed by atoms with Gasteiger partial charge in [0.05, 0.1) is 5.54 Å². The highest BCUT2D eigenvalue weighted by atomic mass is 16.4. The van der Waals surface area contributed by atoms with Crippen LogP contribution in [0.2, 0.25) is 0 Å². The molecule has 27 heavy (non-hydrogen) atoms. The highest BCUT2D eigenvalue weighted by Gasteiger charge is 2.46. The molecule has 0 aromatic heterocycles. The molecule has 3 N–H and O–H groups in total. The van der Waals surface area contributed by atoms with Crippen LogP contribution in [0.1, 0.15) is 80.6 Å². The van der Waals surface area contributed by atoms with Crippen LogP contribution in [0.25, 0.3) is 0 Å². The van der Waals surface area contributed by atoms with E-state index in [9.17, 15) is 9.59 Å². The van der Waals surface area contributed by atoms with Gasteiger partial charge in [-0.1, -0.05) is 48.5 Å². The summed E-state index contributed by atoms with van der Waals surface area (Å²) in [6, 6.07) is 0. The van der Waals surface area contributed by atoms with Crippen molar-refractivity contribution in [1.29, 1.82) is 0 Å². The lowest BCUT2D eigenvalue weighted by molar-refractivity contribution is -0.144. The molecule has 0 aliphatic heterocycles. The molecule has 2 saturated carbocycles. The van der Waals surface area contributed by atoms with Gasteiger partial charge in [0.2, 0.25) is 0 Å². The van der Waals surface area contributed by atoms with Crippen LogP contribution in [0.4, 0.5) is 0 Å². The quantitative estimate of drug-likeness (QED) is 0.665. The Bertz CT molecular complexity index is 458. The van der Waals surface area contributed by atoms with Crippen molar-refractivity contribution in [2.45, 2.75) is 91.6 Å². The molecule has 0 heterocycles. The molecule has 0 aromatic rings. The Balaban J connectivity index is 0.000000460. The third-order valence-electron chi connectivity index (χ3n) is 6.85. The predicted octanol–water partition coefficient (Wildman–Crippen LogP) is 4.11. The maximum absolute atomic E-state index is 11.8. The Morgan fingerprint density at radius 2 is 1.11 bits per heavy atom. The molecule has 160 valence electrons. The Labute approximate surface area is 167 Å². The van der Waals surface area contributed by atoms with Gasteiger partial charge in [0, 0.05) is 6.42 Å². The minimum Gasteiger partial charge on any atom is -0.480 e. The van der Waals surface area contributed by atoms with Gasteiger partial charge in [-0.25, -0.2) is 0 Å². The van der Waals surface area contributed by atoms with Gasteiger partial charge in [-0.2, -0.15) is 0 Å². The van der Waals surface area contributed by atoms with Crippen LogP contribution in [-0.4, -0.2) is 42.0 Å².